The fourth-order valence-corrected chi connectivity index (χ4v) is 4.85. The first kappa shape index (κ1) is 20.6. The molecular formula is C22H22N4O4S. The molecule has 0 bridgehead atoms. The fourth-order valence-electron chi connectivity index (χ4n) is 3.92. The van der Waals surface area contributed by atoms with Crippen LogP contribution >= 0.6 is 11.3 Å². The molecule has 4 rings (SSSR count). The molecule has 1 aliphatic heterocycles. The van der Waals surface area contributed by atoms with Crippen molar-refractivity contribution in [3.63, 3.8) is 0 Å². The Bertz CT molecular complexity index is 1240. The normalized spacial score (nSPS) is 15.2. The van der Waals surface area contributed by atoms with E-state index in [4.69, 9.17) is 24.7 Å². The van der Waals surface area contributed by atoms with E-state index in [2.05, 4.69) is 22.3 Å². The number of ether oxygens (including phenoxy) is 4. The van der Waals surface area contributed by atoms with Crippen LogP contribution < -0.4 is 24.7 Å². The van der Waals surface area contributed by atoms with Crippen molar-refractivity contribution in [3.05, 3.63) is 50.5 Å². The maximum atomic E-state index is 9.97. The number of nitrogens with two attached hydrogens (primary N) is 1. The highest BCUT2D eigenvalue weighted by molar-refractivity contribution is 7.12. The summed E-state index contributed by atoms with van der Waals surface area (Å²) in [5.74, 6) is 1.32. The van der Waals surface area contributed by atoms with Crippen molar-refractivity contribution in [2.24, 2.45) is 5.73 Å². The minimum atomic E-state index is -0.572. The van der Waals surface area contributed by atoms with Crippen LogP contribution in [0.2, 0.25) is 0 Å². The van der Waals surface area contributed by atoms with Crippen molar-refractivity contribution in [1.29, 1.82) is 5.26 Å². The van der Waals surface area contributed by atoms with E-state index in [1.165, 1.54) is 4.88 Å². The van der Waals surface area contributed by atoms with Gasteiger partial charge in [-0.15, -0.1) is 16.4 Å². The molecule has 31 heavy (non-hydrogen) atoms. The Morgan fingerprint density at radius 3 is 2.35 bits per heavy atom. The van der Waals surface area contributed by atoms with Gasteiger partial charge in [0.05, 0.1) is 38.5 Å². The topological polar surface area (TPSA) is 115 Å². The first-order valence-electron chi connectivity index (χ1n) is 9.46. The van der Waals surface area contributed by atoms with Gasteiger partial charge in [-0.25, -0.2) is 0 Å². The van der Waals surface area contributed by atoms with E-state index in [1.807, 2.05) is 13.8 Å². The lowest BCUT2D eigenvalue weighted by molar-refractivity contribution is 0.346. The number of aromatic nitrogens is 2. The van der Waals surface area contributed by atoms with Crippen molar-refractivity contribution < 1.29 is 18.9 Å². The van der Waals surface area contributed by atoms with Crippen molar-refractivity contribution in [2.75, 3.05) is 21.3 Å². The molecule has 1 aromatic carbocycles. The van der Waals surface area contributed by atoms with E-state index in [0.717, 1.165) is 21.7 Å². The van der Waals surface area contributed by atoms with E-state index in [-0.39, 0.29) is 11.5 Å². The summed E-state index contributed by atoms with van der Waals surface area (Å²) in [7, 11) is 4.67. The number of aromatic amines is 1. The van der Waals surface area contributed by atoms with Crippen LogP contribution in [0.25, 0.3) is 11.3 Å². The average molecular weight is 439 g/mol. The number of thiophene rings is 1. The molecule has 9 heteroatoms. The predicted octanol–water partition coefficient (Wildman–Crippen LogP) is 4.00. The van der Waals surface area contributed by atoms with Gasteiger partial charge in [0, 0.05) is 26.9 Å². The van der Waals surface area contributed by atoms with Crippen LogP contribution in [0.1, 0.15) is 26.8 Å². The molecule has 1 unspecified atom stereocenters. The molecule has 8 nitrogen and oxygen atoms in total. The quantitative estimate of drug-likeness (QED) is 0.618. The minimum absolute atomic E-state index is 0.00751. The SMILES string of the molecule is COc1cc(OC)c(C2C(C#N)=C(N)Oc3n[nH]c(-c4cc(C)sc4C)c32)cc1OC. The maximum absolute atomic E-state index is 9.97. The van der Waals surface area contributed by atoms with Crippen LogP contribution in [0.5, 0.6) is 23.1 Å². The zero-order valence-electron chi connectivity index (χ0n) is 17.8. The number of rotatable bonds is 5. The monoisotopic (exact) mass is 438 g/mol. The smallest absolute Gasteiger partial charge is 0.244 e. The molecule has 160 valence electrons. The molecular weight excluding hydrogens is 416 g/mol. The van der Waals surface area contributed by atoms with Gasteiger partial charge >= 0.3 is 0 Å². The summed E-state index contributed by atoms with van der Waals surface area (Å²) in [4.78, 5) is 2.30. The molecule has 1 aliphatic rings. The largest absolute Gasteiger partial charge is 0.496 e. The Labute approximate surface area is 183 Å². The number of methoxy groups -OCH3 is 3. The molecule has 3 heterocycles. The van der Waals surface area contributed by atoms with Gasteiger partial charge in [0.1, 0.15) is 17.4 Å². The zero-order valence-corrected chi connectivity index (χ0v) is 18.6. The second-order valence-electron chi connectivity index (χ2n) is 7.02. The summed E-state index contributed by atoms with van der Waals surface area (Å²) in [6.45, 7) is 4.10. The van der Waals surface area contributed by atoms with Crippen LogP contribution in [0, 0.1) is 25.2 Å². The molecule has 0 saturated carbocycles. The Hall–Kier alpha value is -3.64. The van der Waals surface area contributed by atoms with Gasteiger partial charge in [0.2, 0.25) is 11.8 Å². The highest BCUT2D eigenvalue weighted by atomic mass is 32.1. The highest BCUT2D eigenvalue weighted by Crippen LogP contribution is 2.50. The van der Waals surface area contributed by atoms with Gasteiger partial charge in [-0.1, -0.05) is 0 Å². The maximum Gasteiger partial charge on any atom is 0.244 e. The first-order valence-corrected chi connectivity index (χ1v) is 10.3. The van der Waals surface area contributed by atoms with Crippen molar-refractivity contribution in [1.82, 2.24) is 10.2 Å². The lowest BCUT2D eigenvalue weighted by Gasteiger charge is -2.26. The van der Waals surface area contributed by atoms with Crippen LogP contribution in [-0.2, 0) is 0 Å². The van der Waals surface area contributed by atoms with Crippen LogP contribution in [-0.4, -0.2) is 31.5 Å². The van der Waals surface area contributed by atoms with E-state index >= 15 is 0 Å². The van der Waals surface area contributed by atoms with Crippen LogP contribution in [0.3, 0.4) is 0 Å². The highest BCUT2D eigenvalue weighted by Gasteiger charge is 2.38. The molecule has 3 aromatic rings. The Morgan fingerprint density at radius 2 is 1.77 bits per heavy atom. The van der Waals surface area contributed by atoms with Crippen molar-refractivity contribution >= 4 is 11.3 Å². The molecule has 0 amide bonds. The van der Waals surface area contributed by atoms with E-state index in [0.29, 0.717) is 28.7 Å². The number of H-pyrrole nitrogens is 1. The number of benzene rings is 1. The van der Waals surface area contributed by atoms with Crippen LogP contribution in [0.4, 0.5) is 0 Å². The number of allylic oxidation sites excluding steroid dienone is 1. The summed E-state index contributed by atoms with van der Waals surface area (Å²) in [5.41, 5.74) is 9.58. The third-order valence-corrected chi connectivity index (χ3v) is 6.26. The number of hydrogen-bond donors (Lipinski definition) is 2. The predicted molar refractivity (Wildman–Crippen MR) is 117 cm³/mol. The average Bonchev–Trinajstić information content (AvgIpc) is 3.33. The van der Waals surface area contributed by atoms with Gasteiger partial charge in [-0.05, 0) is 26.0 Å². The standard InChI is InChI=1S/C22H22N4O4S/c1-10-6-12(11(2)31-10)20-19-18(14(9-23)21(24)30-22(19)26-25-20)13-7-16(28-4)17(29-5)8-15(13)27-3/h6-8,18H,24H2,1-5H3,(H,25,26). The molecule has 0 fully saturated rings. The molecule has 2 aromatic heterocycles. The lowest BCUT2D eigenvalue weighted by Crippen LogP contribution is -2.21. The van der Waals surface area contributed by atoms with Crippen molar-refractivity contribution in [2.45, 2.75) is 19.8 Å². The lowest BCUT2D eigenvalue weighted by atomic mass is 9.82. The third kappa shape index (κ3) is 3.25. The van der Waals surface area contributed by atoms with E-state index in [9.17, 15) is 5.26 Å². The number of aryl methyl sites for hydroxylation is 2. The molecule has 0 saturated heterocycles. The van der Waals surface area contributed by atoms with Gasteiger partial charge in [0.25, 0.3) is 0 Å². The first-order chi connectivity index (χ1) is 14.9. The summed E-state index contributed by atoms with van der Waals surface area (Å²) < 4.78 is 22.3. The van der Waals surface area contributed by atoms with E-state index < -0.39 is 5.92 Å². The van der Waals surface area contributed by atoms with Gasteiger partial charge < -0.3 is 24.7 Å². The molecule has 0 radical (unpaired) electrons. The molecule has 1 atom stereocenters. The minimum Gasteiger partial charge on any atom is -0.496 e. The van der Waals surface area contributed by atoms with Gasteiger partial charge in [-0.3, -0.25) is 5.10 Å². The number of nitriles is 1. The van der Waals surface area contributed by atoms with E-state index in [1.54, 1.807) is 44.8 Å². The fraction of sp³-hybridized carbons (Fsp3) is 0.273. The molecule has 0 aliphatic carbocycles. The zero-order chi connectivity index (χ0) is 22.3. The van der Waals surface area contributed by atoms with Crippen LogP contribution in [0.15, 0.2) is 29.7 Å². The number of hydrogen-bond acceptors (Lipinski definition) is 8. The summed E-state index contributed by atoms with van der Waals surface area (Å²) in [6.07, 6.45) is 0. The molecule has 0 spiro atoms. The Morgan fingerprint density at radius 1 is 1.10 bits per heavy atom. The van der Waals surface area contributed by atoms with Crippen molar-refractivity contribution in [3.8, 4) is 40.5 Å². The summed E-state index contributed by atoms with van der Waals surface area (Å²) in [6, 6.07) is 7.83. The van der Waals surface area contributed by atoms with Gasteiger partial charge in [-0.2, -0.15) is 5.26 Å². The summed E-state index contributed by atoms with van der Waals surface area (Å²) in [5, 5.41) is 17.4. The third-order valence-electron chi connectivity index (χ3n) is 5.30. The Balaban J connectivity index is 2.02. The van der Waals surface area contributed by atoms with Gasteiger partial charge in [0.15, 0.2) is 11.5 Å². The Kier molecular flexibility index (Phi) is 5.25. The molecule has 3 N–H and O–H groups in total. The number of nitrogens with zero attached hydrogens (tertiary/aromatic N) is 2. The number of fused-ring (bicyclic) bond motifs is 1. The summed E-state index contributed by atoms with van der Waals surface area (Å²) >= 11 is 1.69. The number of nitrogens with one attached hydrogen (secondary N) is 1. The second kappa shape index (κ2) is 7.89. The second-order valence-corrected chi connectivity index (χ2v) is 8.48.